The monoisotopic (exact) mass is 237 g/mol. The molecule has 1 aromatic rings. The zero-order valence-electron chi connectivity index (χ0n) is 9.79. The van der Waals surface area contributed by atoms with Gasteiger partial charge in [-0.1, -0.05) is 37.5 Å². The minimum absolute atomic E-state index is 0.618. The van der Waals surface area contributed by atoms with Crippen molar-refractivity contribution in [2.45, 2.75) is 38.0 Å². The molecule has 1 fully saturated rings. The van der Waals surface area contributed by atoms with Gasteiger partial charge in [0.05, 0.1) is 0 Å². The Morgan fingerprint density at radius 2 is 1.56 bits per heavy atom. The van der Waals surface area contributed by atoms with Crippen LogP contribution in [-0.2, 0) is 5.88 Å². The van der Waals surface area contributed by atoms with Gasteiger partial charge >= 0.3 is 0 Å². The van der Waals surface area contributed by atoms with Crippen molar-refractivity contribution in [3.63, 3.8) is 0 Å². The summed E-state index contributed by atoms with van der Waals surface area (Å²) in [6.45, 7) is 2.38. The molecule has 1 aliphatic heterocycles. The Balaban J connectivity index is 2.13. The second-order valence-electron chi connectivity index (χ2n) is 4.52. The number of halogens is 1. The van der Waals surface area contributed by atoms with Crippen LogP contribution in [0.15, 0.2) is 24.3 Å². The van der Waals surface area contributed by atoms with E-state index in [1.807, 2.05) is 0 Å². The van der Waals surface area contributed by atoms with E-state index >= 15 is 0 Å². The van der Waals surface area contributed by atoms with Crippen LogP contribution in [0.5, 0.6) is 0 Å². The van der Waals surface area contributed by atoms with Crippen LogP contribution >= 0.6 is 11.6 Å². The lowest BCUT2D eigenvalue weighted by atomic mass is 10.1. The highest BCUT2D eigenvalue weighted by molar-refractivity contribution is 6.17. The molecule has 0 bridgehead atoms. The van der Waals surface area contributed by atoms with E-state index in [2.05, 4.69) is 29.2 Å². The molecule has 0 aromatic heterocycles. The first-order valence-electron chi connectivity index (χ1n) is 6.30. The fraction of sp³-hybridized carbons (Fsp3) is 0.571. The zero-order chi connectivity index (χ0) is 11.2. The number of alkyl halides is 1. The van der Waals surface area contributed by atoms with Crippen molar-refractivity contribution in [3.8, 4) is 0 Å². The van der Waals surface area contributed by atoms with Crippen LogP contribution in [0.2, 0.25) is 0 Å². The molecule has 0 aliphatic carbocycles. The van der Waals surface area contributed by atoms with Crippen LogP contribution in [0.25, 0.3) is 0 Å². The van der Waals surface area contributed by atoms with Crippen molar-refractivity contribution in [2.75, 3.05) is 18.0 Å². The van der Waals surface area contributed by atoms with Crippen LogP contribution in [0.3, 0.4) is 0 Å². The quantitative estimate of drug-likeness (QED) is 0.697. The second kappa shape index (κ2) is 6.15. The molecule has 88 valence electrons. The minimum Gasteiger partial charge on any atom is -0.371 e. The Morgan fingerprint density at radius 3 is 2.25 bits per heavy atom. The molecule has 0 saturated carbocycles. The summed E-state index contributed by atoms with van der Waals surface area (Å²) in [5.41, 5.74) is 2.61. The molecule has 2 heteroatoms. The Hall–Kier alpha value is -0.690. The summed E-state index contributed by atoms with van der Waals surface area (Å²) >= 11 is 6.00. The molecule has 0 amide bonds. The van der Waals surface area contributed by atoms with Crippen LogP contribution < -0.4 is 4.90 Å². The Kier molecular flexibility index (Phi) is 4.53. The van der Waals surface area contributed by atoms with Gasteiger partial charge in [0.1, 0.15) is 0 Å². The zero-order valence-corrected chi connectivity index (χ0v) is 10.5. The highest BCUT2D eigenvalue weighted by atomic mass is 35.5. The van der Waals surface area contributed by atoms with Gasteiger partial charge in [-0.15, -0.1) is 11.6 Å². The minimum atomic E-state index is 0.618. The van der Waals surface area contributed by atoms with Crippen LogP contribution in [0.1, 0.15) is 37.7 Å². The predicted octanol–water partition coefficient (Wildman–Crippen LogP) is 4.20. The van der Waals surface area contributed by atoms with E-state index in [1.54, 1.807) is 0 Å². The summed E-state index contributed by atoms with van der Waals surface area (Å²) in [6, 6.07) is 8.54. The fourth-order valence-electron chi connectivity index (χ4n) is 2.42. The smallest absolute Gasteiger partial charge is 0.0494 e. The molecular formula is C14H20ClN. The van der Waals surface area contributed by atoms with E-state index in [9.17, 15) is 0 Å². The van der Waals surface area contributed by atoms with Gasteiger partial charge in [0.2, 0.25) is 0 Å². The topological polar surface area (TPSA) is 3.24 Å². The summed E-state index contributed by atoms with van der Waals surface area (Å²) in [7, 11) is 0. The maximum absolute atomic E-state index is 6.00. The fourth-order valence-corrected chi connectivity index (χ4v) is 2.65. The van der Waals surface area contributed by atoms with Gasteiger partial charge in [0.15, 0.2) is 0 Å². The molecule has 2 rings (SSSR count). The van der Waals surface area contributed by atoms with Gasteiger partial charge in [-0.05, 0) is 24.5 Å². The van der Waals surface area contributed by atoms with Crippen molar-refractivity contribution in [3.05, 3.63) is 29.8 Å². The van der Waals surface area contributed by atoms with Gasteiger partial charge < -0.3 is 4.90 Å². The highest BCUT2D eigenvalue weighted by Gasteiger charge is 2.11. The van der Waals surface area contributed by atoms with E-state index in [-0.39, 0.29) is 0 Å². The van der Waals surface area contributed by atoms with Gasteiger partial charge in [-0.25, -0.2) is 0 Å². The van der Waals surface area contributed by atoms with Crippen molar-refractivity contribution < 1.29 is 0 Å². The predicted molar refractivity (Wildman–Crippen MR) is 71.3 cm³/mol. The summed E-state index contributed by atoms with van der Waals surface area (Å²) in [5, 5.41) is 0. The molecule has 16 heavy (non-hydrogen) atoms. The van der Waals surface area contributed by atoms with E-state index in [0.29, 0.717) is 5.88 Å². The van der Waals surface area contributed by atoms with Crippen LogP contribution in [-0.4, -0.2) is 13.1 Å². The molecular weight excluding hydrogens is 218 g/mol. The van der Waals surface area contributed by atoms with E-state index in [0.717, 1.165) is 0 Å². The molecule has 1 heterocycles. The number of hydrogen-bond acceptors (Lipinski definition) is 1. The third kappa shape index (κ3) is 2.91. The van der Waals surface area contributed by atoms with Crippen molar-refractivity contribution in [2.24, 2.45) is 0 Å². The number of anilines is 1. The lowest BCUT2D eigenvalue weighted by Gasteiger charge is -2.28. The maximum Gasteiger partial charge on any atom is 0.0494 e. The van der Waals surface area contributed by atoms with E-state index in [1.165, 1.54) is 56.4 Å². The molecule has 1 aliphatic rings. The second-order valence-corrected chi connectivity index (χ2v) is 4.78. The normalized spacial score (nSPS) is 17.9. The maximum atomic E-state index is 6.00. The number of rotatable bonds is 2. The first-order valence-corrected chi connectivity index (χ1v) is 6.84. The number of benzene rings is 1. The third-order valence-electron chi connectivity index (χ3n) is 3.33. The largest absolute Gasteiger partial charge is 0.371 e. The SMILES string of the molecule is ClCc1ccccc1N1CCCCCCC1. The molecule has 0 unspecified atom stereocenters. The van der Waals surface area contributed by atoms with Crippen molar-refractivity contribution in [1.82, 2.24) is 0 Å². The molecule has 1 nitrogen and oxygen atoms in total. The molecule has 0 radical (unpaired) electrons. The van der Waals surface area contributed by atoms with E-state index < -0.39 is 0 Å². The third-order valence-corrected chi connectivity index (χ3v) is 3.62. The van der Waals surface area contributed by atoms with Crippen LogP contribution in [0, 0.1) is 0 Å². The molecule has 0 spiro atoms. The van der Waals surface area contributed by atoms with Gasteiger partial charge in [0.25, 0.3) is 0 Å². The van der Waals surface area contributed by atoms with E-state index in [4.69, 9.17) is 11.6 Å². The highest BCUT2D eigenvalue weighted by Crippen LogP contribution is 2.24. The summed E-state index contributed by atoms with van der Waals surface area (Å²) in [5.74, 6) is 0.618. The van der Waals surface area contributed by atoms with Gasteiger partial charge in [0, 0.05) is 24.7 Å². The molecule has 0 atom stereocenters. The number of nitrogens with zero attached hydrogens (tertiary/aromatic N) is 1. The first-order chi connectivity index (χ1) is 7.92. The molecule has 1 aromatic carbocycles. The average Bonchev–Trinajstić information content (AvgIpc) is 2.29. The standard InChI is InChI=1S/C14H20ClN/c15-12-13-8-4-5-9-14(13)16-10-6-2-1-3-7-11-16/h4-5,8-9H,1-3,6-7,10-12H2. The van der Waals surface area contributed by atoms with Crippen LogP contribution in [0.4, 0.5) is 5.69 Å². The number of hydrogen-bond donors (Lipinski definition) is 0. The van der Waals surface area contributed by atoms with Gasteiger partial charge in [-0.3, -0.25) is 0 Å². The summed E-state index contributed by atoms with van der Waals surface area (Å²) < 4.78 is 0. The molecule has 0 N–H and O–H groups in total. The Labute approximate surface area is 103 Å². The van der Waals surface area contributed by atoms with Crippen molar-refractivity contribution in [1.29, 1.82) is 0 Å². The van der Waals surface area contributed by atoms with Gasteiger partial charge in [-0.2, -0.15) is 0 Å². The number of para-hydroxylation sites is 1. The Morgan fingerprint density at radius 1 is 0.938 bits per heavy atom. The summed E-state index contributed by atoms with van der Waals surface area (Å²) in [4.78, 5) is 2.51. The summed E-state index contributed by atoms with van der Waals surface area (Å²) in [6.07, 6.45) is 6.79. The first kappa shape index (κ1) is 11.8. The Bertz CT molecular complexity index is 316. The molecule has 1 saturated heterocycles. The average molecular weight is 238 g/mol. The lowest BCUT2D eigenvalue weighted by molar-refractivity contribution is 0.556. The lowest BCUT2D eigenvalue weighted by Crippen LogP contribution is -2.27. The van der Waals surface area contributed by atoms with Crippen molar-refractivity contribution >= 4 is 17.3 Å².